The number of ether oxygens (including phenoxy) is 1. The fourth-order valence-electron chi connectivity index (χ4n) is 3.29. The number of anilines is 1. The zero-order valence-corrected chi connectivity index (χ0v) is 14.6. The van der Waals surface area contributed by atoms with Gasteiger partial charge in [-0.05, 0) is 49.2 Å². The number of aliphatic hydroxyl groups is 1. The van der Waals surface area contributed by atoms with Gasteiger partial charge in [-0.1, -0.05) is 12.1 Å². The SMILES string of the molecule is OCCOc1cccc(CN2CCC[C@H](Nc3ccc(F)c(F)c3)C2)c1. The first-order valence-electron chi connectivity index (χ1n) is 8.90. The quantitative estimate of drug-likeness (QED) is 0.792. The van der Waals surface area contributed by atoms with E-state index in [-0.39, 0.29) is 19.3 Å². The van der Waals surface area contributed by atoms with Gasteiger partial charge < -0.3 is 15.2 Å². The molecule has 0 amide bonds. The van der Waals surface area contributed by atoms with E-state index < -0.39 is 11.6 Å². The number of rotatable bonds is 7. The predicted molar refractivity (Wildman–Crippen MR) is 97.3 cm³/mol. The second-order valence-electron chi connectivity index (χ2n) is 6.57. The number of hydrogen-bond donors (Lipinski definition) is 2. The molecule has 1 fully saturated rings. The molecule has 2 aromatic carbocycles. The fourth-order valence-corrected chi connectivity index (χ4v) is 3.29. The maximum absolute atomic E-state index is 13.4. The average molecular weight is 362 g/mol. The van der Waals surface area contributed by atoms with Crippen LogP contribution in [0.3, 0.4) is 0 Å². The van der Waals surface area contributed by atoms with Crippen molar-refractivity contribution in [2.24, 2.45) is 0 Å². The van der Waals surface area contributed by atoms with Crippen LogP contribution in [0.1, 0.15) is 18.4 Å². The summed E-state index contributed by atoms with van der Waals surface area (Å²) < 4.78 is 31.9. The summed E-state index contributed by atoms with van der Waals surface area (Å²) in [7, 11) is 0. The van der Waals surface area contributed by atoms with Gasteiger partial charge in [0.15, 0.2) is 11.6 Å². The minimum absolute atomic E-state index is 0.00627. The van der Waals surface area contributed by atoms with Gasteiger partial charge in [-0.3, -0.25) is 4.90 Å². The molecule has 4 nitrogen and oxygen atoms in total. The standard InChI is InChI=1S/C20H24F2N2O2/c21-19-7-6-16(12-20(19)22)23-17-4-2-8-24(14-17)13-15-3-1-5-18(11-15)26-10-9-25/h1,3,5-7,11-12,17,23,25H,2,4,8-10,13-14H2/t17-/m0/s1. The van der Waals surface area contributed by atoms with Crippen LogP contribution in [-0.4, -0.2) is 42.4 Å². The van der Waals surface area contributed by atoms with Gasteiger partial charge in [0.25, 0.3) is 0 Å². The summed E-state index contributed by atoms with van der Waals surface area (Å²) in [6.07, 6.45) is 2.04. The Balaban J connectivity index is 1.57. The molecule has 1 heterocycles. The molecule has 1 atom stereocenters. The number of nitrogens with one attached hydrogen (secondary N) is 1. The molecule has 1 saturated heterocycles. The van der Waals surface area contributed by atoms with E-state index in [0.717, 1.165) is 49.9 Å². The van der Waals surface area contributed by atoms with Crippen molar-refractivity contribution in [1.82, 2.24) is 4.90 Å². The number of aliphatic hydroxyl groups excluding tert-OH is 1. The van der Waals surface area contributed by atoms with Crippen LogP contribution in [0.5, 0.6) is 5.75 Å². The molecule has 3 rings (SSSR count). The van der Waals surface area contributed by atoms with Crippen LogP contribution in [0.4, 0.5) is 14.5 Å². The Morgan fingerprint density at radius 1 is 1.15 bits per heavy atom. The Morgan fingerprint density at radius 3 is 2.85 bits per heavy atom. The van der Waals surface area contributed by atoms with Gasteiger partial charge in [-0.15, -0.1) is 0 Å². The van der Waals surface area contributed by atoms with Crippen molar-refractivity contribution in [1.29, 1.82) is 0 Å². The molecule has 1 aliphatic heterocycles. The highest BCUT2D eigenvalue weighted by molar-refractivity contribution is 5.44. The van der Waals surface area contributed by atoms with E-state index in [0.29, 0.717) is 5.69 Å². The lowest BCUT2D eigenvalue weighted by Gasteiger charge is -2.33. The van der Waals surface area contributed by atoms with Gasteiger partial charge in [0.2, 0.25) is 0 Å². The molecule has 26 heavy (non-hydrogen) atoms. The highest BCUT2D eigenvalue weighted by atomic mass is 19.2. The lowest BCUT2D eigenvalue weighted by atomic mass is 10.0. The number of hydrogen-bond acceptors (Lipinski definition) is 4. The van der Waals surface area contributed by atoms with Crippen LogP contribution in [0.2, 0.25) is 0 Å². The molecule has 0 aliphatic carbocycles. The highest BCUT2D eigenvalue weighted by Gasteiger charge is 2.20. The first-order chi connectivity index (χ1) is 12.6. The average Bonchev–Trinajstić information content (AvgIpc) is 2.64. The van der Waals surface area contributed by atoms with Crippen LogP contribution in [-0.2, 0) is 6.54 Å². The van der Waals surface area contributed by atoms with Crippen LogP contribution in [0.15, 0.2) is 42.5 Å². The second-order valence-corrected chi connectivity index (χ2v) is 6.57. The fraction of sp³-hybridized carbons (Fsp3) is 0.400. The summed E-state index contributed by atoms with van der Waals surface area (Å²) in [6, 6.07) is 12.0. The van der Waals surface area contributed by atoms with Crippen molar-refractivity contribution < 1.29 is 18.6 Å². The monoisotopic (exact) mass is 362 g/mol. The summed E-state index contributed by atoms with van der Waals surface area (Å²) >= 11 is 0. The van der Waals surface area contributed by atoms with Crippen molar-refractivity contribution in [3.63, 3.8) is 0 Å². The minimum atomic E-state index is -0.831. The molecule has 2 aromatic rings. The molecule has 6 heteroatoms. The lowest BCUT2D eigenvalue weighted by Crippen LogP contribution is -2.41. The predicted octanol–water partition coefficient (Wildman–Crippen LogP) is 3.41. The molecule has 2 N–H and O–H groups in total. The molecule has 0 bridgehead atoms. The van der Waals surface area contributed by atoms with E-state index in [2.05, 4.69) is 16.3 Å². The number of halogens is 2. The van der Waals surface area contributed by atoms with Crippen molar-refractivity contribution in [2.45, 2.75) is 25.4 Å². The summed E-state index contributed by atoms with van der Waals surface area (Å²) in [4.78, 5) is 2.34. The third-order valence-electron chi connectivity index (χ3n) is 4.46. The number of nitrogens with zero attached hydrogens (tertiary/aromatic N) is 1. The van der Waals surface area contributed by atoms with Gasteiger partial charge in [-0.25, -0.2) is 8.78 Å². The summed E-state index contributed by atoms with van der Waals surface area (Å²) in [5, 5.41) is 12.2. The van der Waals surface area contributed by atoms with Gasteiger partial charge in [0.05, 0.1) is 6.61 Å². The van der Waals surface area contributed by atoms with Crippen molar-refractivity contribution >= 4 is 5.69 Å². The van der Waals surface area contributed by atoms with Crippen LogP contribution in [0.25, 0.3) is 0 Å². The Hall–Kier alpha value is -2.18. The number of likely N-dealkylation sites (tertiary alicyclic amines) is 1. The van der Waals surface area contributed by atoms with Crippen LogP contribution in [0, 0.1) is 11.6 Å². The zero-order chi connectivity index (χ0) is 18.4. The lowest BCUT2D eigenvalue weighted by molar-refractivity contribution is 0.199. The maximum atomic E-state index is 13.4. The van der Waals surface area contributed by atoms with Crippen molar-refractivity contribution in [2.75, 3.05) is 31.6 Å². The number of benzene rings is 2. The molecule has 1 aliphatic rings. The first-order valence-corrected chi connectivity index (χ1v) is 8.90. The van der Waals surface area contributed by atoms with Gasteiger partial charge >= 0.3 is 0 Å². The van der Waals surface area contributed by atoms with Gasteiger partial charge in [-0.2, -0.15) is 0 Å². The summed E-state index contributed by atoms with van der Waals surface area (Å²) in [5.74, 6) is -0.906. The first kappa shape index (κ1) is 18.6. The van der Waals surface area contributed by atoms with E-state index in [1.807, 2.05) is 18.2 Å². The molecule has 0 saturated carbocycles. The molecular formula is C20H24F2N2O2. The van der Waals surface area contributed by atoms with E-state index in [9.17, 15) is 8.78 Å². The Labute approximate surface area is 152 Å². The van der Waals surface area contributed by atoms with E-state index in [1.54, 1.807) is 6.07 Å². The van der Waals surface area contributed by atoms with Gasteiger partial charge in [0.1, 0.15) is 12.4 Å². The minimum Gasteiger partial charge on any atom is -0.491 e. The molecular weight excluding hydrogens is 338 g/mol. The third-order valence-corrected chi connectivity index (χ3v) is 4.46. The molecule has 0 aromatic heterocycles. The van der Waals surface area contributed by atoms with E-state index in [4.69, 9.17) is 9.84 Å². The summed E-state index contributed by atoms with van der Waals surface area (Å²) in [6.45, 7) is 2.91. The molecule has 0 unspecified atom stereocenters. The second kappa shape index (κ2) is 8.96. The number of piperidine rings is 1. The normalized spacial score (nSPS) is 17.9. The maximum Gasteiger partial charge on any atom is 0.160 e. The van der Waals surface area contributed by atoms with Crippen molar-refractivity contribution in [3.8, 4) is 5.75 Å². The Kier molecular flexibility index (Phi) is 6.41. The smallest absolute Gasteiger partial charge is 0.160 e. The largest absolute Gasteiger partial charge is 0.491 e. The van der Waals surface area contributed by atoms with Crippen LogP contribution < -0.4 is 10.1 Å². The topological polar surface area (TPSA) is 44.7 Å². The molecule has 0 radical (unpaired) electrons. The van der Waals surface area contributed by atoms with Gasteiger partial charge in [0, 0.05) is 30.9 Å². The van der Waals surface area contributed by atoms with Crippen molar-refractivity contribution in [3.05, 3.63) is 59.7 Å². The van der Waals surface area contributed by atoms with Crippen LogP contribution >= 0.6 is 0 Å². The highest BCUT2D eigenvalue weighted by Crippen LogP contribution is 2.21. The zero-order valence-electron chi connectivity index (χ0n) is 14.6. The molecule has 140 valence electrons. The molecule has 0 spiro atoms. The Bertz CT molecular complexity index is 727. The summed E-state index contributed by atoms with van der Waals surface area (Å²) in [5.41, 5.74) is 1.75. The van der Waals surface area contributed by atoms with E-state index in [1.165, 1.54) is 6.07 Å². The Morgan fingerprint density at radius 2 is 2.04 bits per heavy atom. The van der Waals surface area contributed by atoms with E-state index >= 15 is 0 Å². The third kappa shape index (κ3) is 5.16.